The number of esters is 1. The highest BCUT2D eigenvalue weighted by Gasteiger charge is 2.36. The largest absolute Gasteiger partial charge is 0.497 e. The van der Waals surface area contributed by atoms with Gasteiger partial charge in [-0.15, -0.1) is 0 Å². The van der Waals surface area contributed by atoms with Gasteiger partial charge in [0.15, 0.2) is 5.76 Å². The Morgan fingerprint density at radius 3 is 2.44 bits per heavy atom. The third kappa shape index (κ3) is 5.59. The van der Waals surface area contributed by atoms with E-state index >= 15 is 0 Å². The number of anilines is 1. The standard InChI is InChI=1S/C28H30N2O6/c1-3-35-28(33)19-13-15-22(16-14-19)30(27(32)24-12-7-17-36-24)25(20-8-6-11-23(18-20)34-2)26(31)29-21-9-4-5-10-21/h6-8,11-18,21,25H,3-5,9-10H2,1-2H3,(H,29,31)/t25-/m0/s1. The van der Waals surface area contributed by atoms with E-state index in [1.807, 2.05) is 0 Å². The predicted octanol–water partition coefficient (Wildman–Crippen LogP) is 4.91. The SMILES string of the molecule is CCOC(=O)c1ccc(N(C(=O)c2ccco2)[C@H](C(=O)NC2CCCC2)c2cccc(OC)c2)cc1. The van der Waals surface area contributed by atoms with Crippen molar-refractivity contribution in [1.29, 1.82) is 0 Å². The predicted molar refractivity (Wildman–Crippen MR) is 134 cm³/mol. The summed E-state index contributed by atoms with van der Waals surface area (Å²) >= 11 is 0. The van der Waals surface area contributed by atoms with E-state index in [0.717, 1.165) is 25.7 Å². The normalized spacial score (nSPS) is 14.2. The molecular formula is C28H30N2O6. The maximum atomic E-state index is 13.8. The van der Waals surface area contributed by atoms with E-state index in [1.54, 1.807) is 74.7 Å². The zero-order valence-electron chi connectivity index (χ0n) is 20.4. The lowest BCUT2D eigenvalue weighted by Crippen LogP contribution is -2.46. The molecule has 1 atom stereocenters. The monoisotopic (exact) mass is 490 g/mol. The van der Waals surface area contributed by atoms with Crippen LogP contribution in [0.5, 0.6) is 5.75 Å². The Morgan fingerprint density at radius 1 is 1.06 bits per heavy atom. The average Bonchev–Trinajstić information content (AvgIpc) is 3.62. The van der Waals surface area contributed by atoms with Crippen molar-refractivity contribution >= 4 is 23.5 Å². The maximum absolute atomic E-state index is 13.8. The molecule has 0 radical (unpaired) electrons. The number of methoxy groups -OCH3 is 1. The van der Waals surface area contributed by atoms with Gasteiger partial charge in [-0.2, -0.15) is 0 Å². The minimum absolute atomic E-state index is 0.0531. The van der Waals surface area contributed by atoms with E-state index in [0.29, 0.717) is 22.6 Å². The minimum Gasteiger partial charge on any atom is -0.497 e. The van der Waals surface area contributed by atoms with Crippen LogP contribution in [-0.2, 0) is 9.53 Å². The highest BCUT2D eigenvalue weighted by atomic mass is 16.5. The molecular weight excluding hydrogens is 460 g/mol. The molecule has 1 aliphatic rings. The van der Waals surface area contributed by atoms with Crippen LogP contribution in [0.3, 0.4) is 0 Å². The van der Waals surface area contributed by atoms with Gasteiger partial charge in [0.05, 0.1) is 25.5 Å². The van der Waals surface area contributed by atoms with Gasteiger partial charge in [-0.05, 0) is 73.9 Å². The van der Waals surface area contributed by atoms with Gasteiger partial charge in [0.25, 0.3) is 5.91 Å². The summed E-state index contributed by atoms with van der Waals surface area (Å²) in [6.07, 6.45) is 5.32. The molecule has 1 N–H and O–H groups in total. The van der Waals surface area contributed by atoms with Crippen molar-refractivity contribution in [3.8, 4) is 5.75 Å². The van der Waals surface area contributed by atoms with Crippen LogP contribution in [0.2, 0.25) is 0 Å². The second kappa shape index (κ2) is 11.6. The van der Waals surface area contributed by atoms with Crippen molar-refractivity contribution in [1.82, 2.24) is 5.32 Å². The van der Waals surface area contributed by atoms with E-state index in [2.05, 4.69) is 5.32 Å². The van der Waals surface area contributed by atoms with Gasteiger partial charge in [-0.1, -0.05) is 25.0 Å². The number of hydrogen-bond acceptors (Lipinski definition) is 6. The molecule has 1 fully saturated rings. The molecule has 1 aromatic heterocycles. The van der Waals surface area contributed by atoms with E-state index in [-0.39, 0.29) is 24.3 Å². The third-order valence-corrected chi connectivity index (χ3v) is 6.23. The highest BCUT2D eigenvalue weighted by molar-refractivity contribution is 6.09. The van der Waals surface area contributed by atoms with Crippen molar-refractivity contribution in [3.05, 3.63) is 83.8 Å². The van der Waals surface area contributed by atoms with Crippen LogP contribution in [0.15, 0.2) is 71.3 Å². The molecule has 1 heterocycles. The van der Waals surface area contributed by atoms with Crippen molar-refractivity contribution in [2.45, 2.75) is 44.7 Å². The van der Waals surface area contributed by atoms with Crippen molar-refractivity contribution < 1.29 is 28.3 Å². The van der Waals surface area contributed by atoms with Gasteiger partial charge in [-0.3, -0.25) is 14.5 Å². The highest BCUT2D eigenvalue weighted by Crippen LogP contribution is 2.32. The molecule has 3 aromatic rings. The van der Waals surface area contributed by atoms with E-state index in [9.17, 15) is 14.4 Å². The Morgan fingerprint density at radius 2 is 1.81 bits per heavy atom. The molecule has 8 heteroatoms. The smallest absolute Gasteiger partial charge is 0.338 e. The Balaban J connectivity index is 1.79. The number of furan rings is 1. The summed E-state index contributed by atoms with van der Waals surface area (Å²) in [6.45, 7) is 1.99. The van der Waals surface area contributed by atoms with Crippen LogP contribution >= 0.6 is 0 Å². The summed E-state index contributed by atoms with van der Waals surface area (Å²) in [5, 5.41) is 3.13. The lowest BCUT2D eigenvalue weighted by molar-refractivity contribution is -0.123. The van der Waals surface area contributed by atoms with Crippen molar-refractivity contribution in [2.75, 3.05) is 18.6 Å². The molecule has 0 aliphatic heterocycles. The minimum atomic E-state index is -1.01. The molecule has 1 aliphatic carbocycles. The summed E-state index contributed by atoms with van der Waals surface area (Å²) in [5.41, 5.74) is 1.36. The zero-order valence-corrected chi connectivity index (χ0v) is 20.4. The summed E-state index contributed by atoms with van der Waals surface area (Å²) in [4.78, 5) is 41.1. The topological polar surface area (TPSA) is 98.1 Å². The first-order valence-electron chi connectivity index (χ1n) is 12.1. The Hall–Kier alpha value is -4.07. The average molecular weight is 491 g/mol. The number of amides is 2. The fourth-order valence-electron chi connectivity index (χ4n) is 4.45. The molecule has 4 rings (SSSR count). The van der Waals surface area contributed by atoms with Crippen LogP contribution in [0.25, 0.3) is 0 Å². The first-order chi connectivity index (χ1) is 17.5. The summed E-state index contributed by atoms with van der Waals surface area (Å²) in [5.74, 6) is -0.598. The molecule has 2 amide bonds. The third-order valence-electron chi connectivity index (χ3n) is 6.23. The van der Waals surface area contributed by atoms with Crippen molar-refractivity contribution in [2.24, 2.45) is 0 Å². The molecule has 0 unspecified atom stereocenters. The van der Waals surface area contributed by atoms with Crippen LogP contribution in [0.1, 0.15) is 65.1 Å². The number of rotatable bonds is 9. The van der Waals surface area contributed by atoms with Crippen molar-refractivity contribution in [3.63, 3.8) is 0 Å². The Bertz CT molecular complexity index is 1180. The van der Waals surface area contributed by atoms with E-state index in [1.165, 1.54) is 11.2 Å². The first kappa shape index (κ1) is 25.0. The quantitative estimate of drug-likeness (QED) is 0.428. The zero-order chi connectivity index (χ0) is 25.5. The van der Waals surface area contributed by atoms with E-state index < -0.39 is 17.9 Å². The van der Waals surface area contributed by atoms with Gasteiger partial charge in [0.2, 0.25) is 5.91 Å². The van der Waals surface area contributed by atoms with Gasteiger partial charge in [-0.25, -0.2) is 4.79 Å². The fraction of sp³-hybridized carbons (Fsp3) is 0.321. The van der Waals surface area contributed by atoms with Crippen LogP contribution in [0.4, 0.5) is 5.69 Å². The number of nitrogens with zero attached hydrogens (tertiary/aromatic N) is 1. The van der Waals surface area contributed by atoms with Crippen LogP contribution in [-0.4, -0.2) is 37.5 Å². The first-order valence-corrected chi connectivity index (χ1v) is 12.1. The second-order valence-electron chi connectivity index (χ2n) is 8.59. The van der Waals surface area contributed by atoms with Gasteiger partial charge >= 0.3 is 5.97 Å². The molecule has 188 valence electrons. The summed E-state index contributed by atoms with van der Waals surface area (Å²) < 4.78 is 15.9. The molecule has 1 saturated carbocycles. The van der Waals surface area contributed by atoms with Crippen LogP contribution < -0.4 is 15.0 Å². The molecule has 8 nitrogen and oxygen atoms in total. The van der Waals surface area contributed by atoms with E-state index in [4.69, 9.17) is 13.9 Å². The number of carbonyl (C=O) groups excluding carboxylic acids is 3. The molecule has 36 heavy (non-hydrogen) atoms. The fourth-order valence-corrected chi connectivity index (χ4v) is 4.45. The Kier molecular flexibility index (Phi) is 8.05. The summed E-state index contributed by atoms with van der Waals surface area (Å²) in [7, 11) is 1.55. The lowest BCUT2D eigenvalue weighted by atomic mass is 10.0. The number of ether oxygens (including phenoxy) is 2. The van der Waals surface area contributed by atoms with Gasteiger partial charge < -0.3 is 19.2 Å². The lowest BCUT2D eigenvalue weighted by Gasteiger charge is -2.32. The molecule has 2 aromatic carbocycles. The second-order valence-corrected chi connectivity index (χ2v) is 8.59. The number of hydrogen-bond donors (Lipinski definition) is 1. The van der Waals surface area contributed by atoms with Crippen LogP contribution in [0, 0.1) is 0 Å². The number of nitrogens with one attached hydrogen (secondary N) is 1. The number of benzene rings is 2. The number of carbonyl (C=O) groups is 3. The Labute approximate surface area is 210 Å². The maximum Gasteiger partial charge on any atom is 0.338 e. The summed E-state index contributed by atoms with van der Waals surface area (Å²) in [6, 6.07) is 15.7. The molecule has 0 saturated heterocycles. The van der Waals surface area contributed by atoms with Gasteiger partial charge in [0.1, 0.15) is 11.8 Å². The molecule has 0 bridgehead atoms. The van der Waals surface area contributed by atoms with Gasteiger partial charge in [0, 0.05) is 11.7 Å². The molecule has 0 spiro atoms.